The number of esters is 1. The molecule has 1 aromatic heterocycles. The number of imidazole rings is 1. The molecule has 36 heavy (non-hydrogen) atoms. The van der Waals surface area contributed by atoms with E-state index in [4.69, 9.17) is 26.1 Å². The Morgan fingerprint density at radius 1 is 1.08 bits per heavy atom. The molecule has 1 aliphatic carbocycles. The maximum Gasteiger partial charge on any atom is 0.305 e. The number of carbonyl (C=O) groups is 1. The van der Waals surface area contributed by atoms with Gasteiger partial charge in [0.2, 0.25) is 0 Å². The molecule has 1 aliphatic rings. The SMILES string of the molecule is CCOC(=O)CCCCCOc1cc(Cl)ccc1-c1nc2cc(F)c(F)cc2n1CC1CCCCC1. The van der Waals surface area contributed by atoms with E-state index in [0.717, 1.165) is 43.7 Å². The minimum Gasteiger partial charge on any atom is -0.493 e. The predicted molar refractivity (Wildman–Crippen MR) is 137 cm³/mol. The van der Waals surface area contributed by atoms with E-state index in [1.54, 1.807) is 19.1 Å². The second-order valence-electron chi connectivity index (χ2n) is 9.41. The summed E-state index contributed by atoms with van der Waals surface area (Å²) in [5, 5.41) is 0.531. The molecule has 0 unspecified atom stereocenters. The van der Waals surface area contributed by atoms with Gasteiger partial charge in [0, 0.05) is 30.1 Å². The van der Waals surface area contributed by atoms with Crippen LogP contribution in [-0.2, 0) is 16.1 Å². The summed E-state index contributed by atoms with van der Waals surface area (Å²) in [6.07, 6.45) is 8.54. The summed E-state index contributed by atoms with van der Waals surface area (Å²) in [6, 6.07) is 7.77. The zero-order chi connectivity index (χ0) is 25.5. The van der Waals surface area contributed by atoms with Gasteiger partial charge in [0.05, 0.1) is 29.8 Å². The molecule has 0 saturated heterocycles. The summed E-state index contributed by atoms with van der Waals surface area (Å²) in [5.41, 5.74) is 1.73. The van der Waals surface area contributed by atoms with E-state index >= 15 is 0 Å². The van der Waals surface area contributed by atoms with Crippen LogP contribution in [0.2, 0.25) is 5.02 Å². The van der Waals surface area contributed by atoms with E-state index in [2.05, 4.69) is 0 Å². The van der Waals surface area contributed by atoms with E-state index in [0.29, 0.717) is 59.7 Å². The van der Waals surface area contributed by atoms with E-state index in [1.165, 1.54) is 25.3 Å². The van der Waals surface area contributed by atoms with Crippen molar-refractivity contribution >= 4 is 28.6 Å². The van der Waals surface area contributed by atoms with E-state index in [-0.39, 0.29) is 5.97 Å². The summed E-state index contributed by atoms with van der Waals surface area (Å²) in [6.45, 7) is 3.32. The van der Waals surface area contributed by atoms with Gasteiger partial charge in [-0.05, 0) is 63.1 Å². The first kappa shape index (κ1) is 26.4. The monoisotopic (exact) mass is 518 g/mol. The first-order valence-electron chi connectivity index (χ1n) is 12.9. The van der Waals surface area contributed by atoms with Gasteiger partial charge in [-0.25, -0.2) is 13.8 Å². The van der Waals surface area contributed by atoms with Crippen molar-refractivity contribution < 1.29 is 23.0 Å². The molecule has 0 bridgehead atoms. The van der Waals surface area contributed by atoms with Crippen LogP contribution in [0.4, 0.5) is 8.78 Å². The first-order valence-corrected chi connectivity index (χ1v) is 13.3. The summed E-state index contributed by atoms with van der Waals surface area (Å²) >= 11 is 6.29. The molecule has 5 nitrogen and oxygen atoms in total. The quantitative estimate of drug-likeness (QED) is 0.192. The Morgan fingerprint density at radius 3 is 2.64 bits per heavy atom. The lowest BCUT2D eigenvalue weighted by atomic mass is 9.89. The fraction of sp³-hybridized carbons (Fsp3) is 0.500. The maximum absolute atomic E-state index is 14.2. The molecule has 0 atom stereocenters. The topological polar surface area (TPSA) is 53.4 Å². The molecule has 1 heterocycles. The second-order valence-corrected chi connectivity index (χ2v) is 9.85. The van der Waals surface area contributed by atoms with Crippen molar-refractivity contribution in [3.63, 3.8) is 0 Å². The fourth-order valence-electron chi connectivity index (χ4n) is 4.90. The number of ether oxygens (including phenoxy) is 2. The lowest BCUT2D eigenvalue weighted by molar-refractivity contribution is -0.143. The summed E-state index contributed by atoms with van der Waals surface area (Å²) < 4.78 is 41.4. The highest BCUT2D eigenvalue weighted by Gasteiger charge is 2.22. The Balaban J connectivity index is 1.57. The third-order valence-corrected chi connectivity index (χ3v) is 6.96. The van der Waals surface area contributed by atoms with Crippen LogP contribution in [0.15, 0.2) is 30.3 Å². The van der Waals surface area contributed by atoms with E-state index < -0.39 is 11.6 Å². The normalized spacial score (nSPS) is 14.3. The molecule has 0 spiro atoms. The van der Waals surface area contributed by atoms with Crippen LogP contribution in [0.1, 0.15) is 64.7 Å². The summed E-state index contributed by atoms with van der Waals surface area (Å²) in [4.78, 5) is 16.2. The minimum atomic E-state index is -0.910. The number of rotatable bonds is 11. The van der Waals surface area contributed by atoms with Crippen LogP contribution in [0.25, 0.3) is 22.4 Å². The lowest BCUT2D eigenvalue weighted by Crippen LogP contribution is -2.15. The highest BCUT2D eigenvalue weighted by molar-refractivity contribution is 6.30. The second kappa shape index (κ2) is 12.5. The smallest absolute Gasteiger partial charge is 0.305 e. The number of aromatic nitrogens is 2. The van der Waals surface area contributed by atoms with Crippen LogP contribution in [0, 0.1) is 17.6 Å². The van der Waals surface area contributed by atoms with Crippen LogP contribution in [0.3, 0.4) is 0 Å². The predicted octanol–water partition coefficient (Wildman–Crippen LogP) is 7.72. The van der Waals surface area contributed by atoms with Crippen molar-refractivity contribution in [2.45, 2.75) is 71.3 Å². The first-order chi connectivity index (χ1) is 17.5. The van der Waals surface area contributed by atoms with Crippen molar-refractivity contribution in [2.24, 2.45) is 5.92 Å². The number of nitrogens with zero attached hydrogens (tertiary/aromatic N) is 2. The zero-order valence-electron chi connectivity index (χ0n) is 20.7. The Labute approximate surface area is 215 Å². The molecular formula is C28H33ClF2N2O3. The molecule has 0 radical (unpaired) electrons. The number of carbonyl (C=O) groups excluding carboxylic acids is 1. The van der Waals surface area contributed by atoms with Crippen molar-refractivity contribution in [1.29, 1.82) is 0 Å². The maximum atomic E-state index is 14.2. The third kappa shape index (κ3) is 6.55. The molecule has 2 aromatic carbocycles. The van der Waals surface area contributed by atoms with Crippen molar-refractivity contribution in [3.05, 3.63) is 47.0 Å². The van der Waals surface area contributed by atoms with Gasteiger partial charge < -0.3 is 14.0 Å². The molecule has 194 valence electrons. The number of benzene rings is 2. The standard InChI is InChI=1S/C28H33ClF2N2O3/c1-2-35-27(34)11-7-4-8-14-36-26-15-20(29)12-13-21(26)28-32-24-16-22(30)23(31)17-25(24)33(28)18-19-9-5-3-6-10-19/h12-13,15-17,19H,2-11,14,18H2,1H3. The third-order valence-electron chi connectivity index (χ3n) is 6.73. The van der Waals surface area contributed by atoms with Gasteiger partial charge >= 0.3 is 5.97 Å². The van der Waals surface area contributed by atoms with E-state index in [1.807, 2.05) is 10.6 Å². The largest absolute Gasteiger partial charge is 0.493 e. The lowest BCUT2D eigenvalue weighted by Gasteiger charge is -2.23. The van der Waals surface area contributed by atoms with Gasteiger partial charge in [0.25, 0.3) is 0 Å². The number of fused-ring (bicyclic) bond motifs is 1. The molecule has 3 aromatic rings. The Bertz CT molecular complexity index is 1190. The van der Waals surface area contributed by atoms with Crippen LogP contribution in [0.5, 0.6) is 5.75 Å². The van der Waals surface area contributed by atoms with Gasteiger partial charge in [-0.1, -0.05) is 30.9 Å². The number of hydrogen-bond donors (Lipinski definition) is 0. The number of unbranched alkanes of at least 4 members (excludes halogenated alkanes) is 2. The van der Waals surface area contributed by atoms with Crippen LogP contribution in [-0.4, -0.2) is 28.7 Å². The molecular weight excluding hydrogens is 486 g/mol. The van der Waals surface area contributed by atoms with Crippen LogP contribution >= 0.6 is 11.6 Å². The van der Waals surface area contributed by atoms with E-state index in [9.17, 15) is 13.6 Å². The minimum absolute atomic E-state index is 0.180. The molecule has 0 N–H and O–H groups in total. The Morgan fingerprint density at radius 2 is 1.86 bits per heavy atom. The van der Waals surface area contributed by atoms with Crippen molar-refractivity contribution in [3.8, 4) is 17.1 Å². The van der Waals surface area contributed by atoms with Gasteiger partial charge in [-0.15, -0.1) is 0 Å². The van der Waals surface area contributed by atoms with Gasteiger partial charge in [-0.3, -0.25) is 4.79 Å². The number of halogens is 3. The highest BCUT2D eigenvalue weighted by Crippen LogP contribution is 2.36. The highest BCUT2D eigenvalue weighted by atomic mass is 35.5. The molecule has 1 fully saturated rings. The van der Waals surface area contributed by atoms with Gasteiger partial charge in [0.1, 0.15) is 11.6 Å². The van der Waals surface area contributed by atoms with Crippen LogP contribution < -0.4 is 4.74 Å². The van der Waals surface area contributed by atoms with Crippen molar-refractivity contribution in [1.82, 2.24) is 9.55 Å². The average molecular weight is 519 g/mol. The molecule has 8 heteroatoms. The average Bonchev–Trinajstić information content (AvgIpc) is 3.19. The molecule has 4 rings (SSSR count). The molecule has 0 amide bonds. The zero-order valence-corrected chi connectivity index (χ0v) is 21.5. The Kier molecular flexibility index (Phi) is 9.19. The molecule has 1 saturated carbocycles. The van der Waals surface area contributed by atoms with Gasteiger partial charge in [-0.2, -0.15) is 0 Å². The Hall–Kier alpha value is -2.67. The summed E-state index contributed by atoms with van der Waals surface area (Å²) in [5.74, 6) is -0.316. The molecule has 0 aliphatic heterocycles. The van der Waals surface area contributed by atoms with Gasteiger partial charge in [0.15, 0.2) is 11.6 Å². The number of hydrogen-bond acceptors (Lipinski definition) is 4. The van der Waals surface area contributed by atoms with Crippen molar-refractivity contribution in [2.75, 3.05) is 13.2 Å². The summed E-state index contributed by atoms with van der Waals surface area (Å²) in [7, 11) is 0. The fourth-order valence-corrected chi connectivity index (χ4v) is 5.06.